The van der Waals surface area contributed by atoms with Crippen LogP contribution in [-0.4, -0.2) is 34.5 Å². The Labute approximate surface area is 107 Å². The number of rotatable bonds is 2. The number of benzene rings is 1. The molecule has 0 aliphatic carbocycles. The lowest BCUT2D eigenvalue weighted by Crippen LogP contribution is -2.40. The van der Waals surface area contributed by atoms with Crippen LogP contribution < -0.4 is 0 Å². The van der Waals surface area contributed by atoms with Crippen LogP contribution in [0.2, 0.25) is 0 Å². The highest BCUT2D eigenvalue weighted by molar-refractivity contribution is 9.10. The molecule has 1 amide bonds. The van der Waals surface area contributed by atoms with Crippen LogP contribution in [0.4, 0.5) is 0 Å². The maximum atomic E-state index is 12.1. The predicted molar refractivity (Wildman–Crippen MR) is 65.8 cm³/mol. The minimum atomic E-state index is -0.923. The minimum Gasteiger partial charge on any atom is -0.480 e. The quantitative estimate of drug-likeness (QED) is 0.910. The maximum Gasteiger partial charge on any atom is 0.326 e. The van der Waals surface area contributed by atoms with Crippen molar-refractivity contribution in [3.63, 3.8) is 0 Å². The van der Waals surface area contributed by atoms with E-state index >= 15 is 0 Å². The van der Waals surface area contributed by atoms with Crippen LogP contribution in [-0.2, 0) is 4.79 Å². The Morgan fingerprint density at radius 1 is 1.29 bits per heavy atom. The number of carboxylic acid groups (broad SMARTS) is 1. The van der Waals surface area contributed by atoms with Crippen molar-refractivity contribution in [3.05, 3.63) is 34.3 Å². The van der Waals surface area contributed by atoms with Crippen molar-refractivity contribution in [2.45, 2.75) is 18.9 Å². The molecule has 90 valence electrons. The number of carboxylic acids is 1. The zero-order chi connectivity index (χ0) is 12.4. The summed E-state index contributed by atoms with van der Waals surface area (Å²) in [6, 6.07) is 6.27. The molecule has 0 unspecified atom stereocenters. The van der Waals surface area contributed by atoms with Crippen LogP contribution in [0.3, 0.4) is 0 Å². The molecule has 0 spiro atoms. The van der Waals surface area contributed by atoms with Gasteiger partial charge in [0.25, 0.3) is 5.91 Å². The molecular formula is C12H12BrNO3. The summed E-state index contributed by atoms with van der Waals surface area (Å²) in [5.41, 5.74) is 0.529. The Kier molecular flexibility index (Phi) is 3.47. The average molecular weight is 298 g/mol. The molecule has 1 heterocycles. The van der Waals surface area contributed by atoms with E-state index < -0.39 is 12.0 Å². The van der Waals surface area contributed by atoms with Gasteiger partial charge >= 0.3 is 5.97 Å². The van der Waals surface area contributed by atoms with Crippen molar-refractivity contribution in [2.24, 2.45) is 0 Å². The zero-order valence-corrected chi connectivity index (χ0v) is 10.7. The number of hydrogen-bond donors (Lipinski definition) is 1. The molecule has 0 aromatic heterocycles. The Morgan fingerprint density at radius 2 is 1.94 bits per heavy atom. The van der Waals surface area contributed by atoms with Gasteiger partial charge in [0.1, 0.15) is 6.04 Å². The largest absolute Gasteiger partial charge is 0.480 e. The van der Waals surface area contributed by atoms with Gasteiger partial charge in [0, 0.05) is 16.6 Å². The van der Waals surface area contributed by atoms with E-state index in [4.69, 9.17) is 5.11 Å². The normalized spacial score (nSPS) is 19.4. The number of likely N-dealkylation sites (tertiary alicyclic amines) is 1. The first kappa shape index (κ1) is 12.1. The Bertz CT molecular complexity index is 444. The number of aliphatic carboxylic acids is 1. The first-order valence-electron chi connectivity index (χ1n) is 5.39. The van der Waals surface area contributed by atoms with Gasteiger partial charge in [0.15, 0.2) is 0 Å². The SMILES string of the molecule is O=C(O)[C@H]1CCCN1C(=O)c1ccc(Br)cc1. The first-order chi connectivity index (χ1) is 8.09. The summed E-state index contributed by atoms with van der Waals surface area (Å²) >= 11 is 3.29. The molecule has 1 fully saturated rings. The van der Waals surface area contributed by atoms with Gasteiger partial charge in [0.05, 0.1) is 0 Å². The maximum absolute atomic E-state index is 12.1. The van der Waals surface area contributed by atoms with E-state index in [0.29, 0.717) is 18.5 Å². The summed E-state index contributed by atoms with van der Waals surface area (Å²) in [6.07, 6.45) is 1.29. The predicted octanol–water partition coefficient (Wildman–Crippen LogP) is 2.14. The molecule has 4 nitrogen and oxygen atoms in total. The summed E-state index contributed by atoms with van der Waals surface area (Å²) in [7, 11) is 0. The van der Waals surface area contributed by atoms with E-state index in [2.05, 4.69) is 15.9 Å². The van der Waals surface area contributed by atoms with Crippen LogP contribution >= 0.6 is 15.9 Å². The average Bonchev–Trinajstić information content (AvgIpc) is 2.78. The number of nitrogens with zero attached hydrogens (tertiary/aromatic N) is 1. The summed E-state index contributed by atoms with van der Waals surface area (Å²) in [5.74, 6) is -1.13. The number of carbonyl (C=O) groups is 2. The number of carbonyl (C=O) groups excluding carboxylic acids is 1. The molecular weight excluding hydrogens is 286 g/mol. The van der Waals surface area contributed by atoms with E-state index in [9.17, 15) is 9.59 Å². The Hall–Kier alpha value is -1.36. The van der Waals surface area contributed by atoms with Crippen LogP contribution in [0.5, 0.6) is 0 Å². The fourth-order valence-electron chi connectivity index (χ4n) is 2.02. The molecule has 1 aliphatic rings. The molecule has 0 bridgehead atoms. The summed E-state index contributed by atoms with van der Waals surface area (Å²) in [4.78, 5) is 24.6. The lowest BCUT2D eigenvalue weighted by Gasteiger charge is -2.21. The fraction of sp³-hybridized carbons (Fsp3) is 0.333. The van der Waals surface area contributed by atoms with Gasteiger partial charge in [-0.25, -0.2) is 4.79 Å². The zero-order valence-electron chi connectivity index (χ0n) is 9.10. The van der Waals surface area contributed by atoms with Crippen LogP contribution in [0.25, 0.3) is 0 Å². The third kappa shape index (κ3) is 2.49. The van der Waals surface area contributed by atoms with Gasteiger partial charge in [-0.1, -0.05) is 15.9 Å². The fourth-order valence-corrected chi connectivity index (χ4v) is 2.29. The van der Waals surface area contributed by atoms with E-state index in [0.717, 1.165) is 10.9 Å². The van der Waals surface area contributed by atoms with E-state index in [-0.39, 0.29) is 5.91 Å². The summed E-state index contributed by atoms with van der Waals surface area (Å²) in [5, 5.41) is 9.02. The van der Waals surface area contributed by atoms with Gasteiger partial charge in [-0.2, -0.15) is 0 Å². The van der Waals surface area contributed by atoms with Crippen LogP contribution in [0.15, 0.2) is 28.7 Å². The molecule has 1 atom stereocenters. The second-order valence-corrected chi connectivity index (χ2v) is 4.92. The van der Waals surface area contributed by atoms with Gasteiger partial charge in [0.2, 0.25) is 0 Å². The van der Waals surface area contributed by atoms with Crippen molar-refractivity contribution in [2.75, 3.05) is 6.54 Å². The van der Waals surface area contributed by atoms with Gasteiger partial charge in [-0.05, 0) is 37.1 Å². The number of hydrogen-bond acceptors (Lipinski definition) is 2. The highest BCUT2D eigenvalue weighted by atomic mass is 79.9. The highest BCUT2D eigenvalue weighted by Crippen LogP contribution is 2.21. The van der Waals surface area contributed by atoms with Crippen molar-refractivity contribution in [1.29, 1.82) is 0 Å². The van der Waals surface area contributed by atoms with Crippen LogP contribution in [0.1, 0.15) is 23.2 Å². The summed E-state index contributed by atoms with van der Waals surface area (Å²) < 4.78 is 0.894. The van der Waals surface area contributed by atoms with Crippen LogP contribution in [0, 0.1) is 0 Å². The Morgan fingerprint density at radius 3 is 2.53 bits per heavy atom. The standard InChI is InChI=1S/C12H12BrNO3/c13-9-5-3-8(4-6-9)11(15)14-7-1-2-10(14)12(16)17/h3-6,10H,1-2,7H2,(H,16,17)/t10-/m1/s1. The molecule has 17 heavy (non-hydrogen) atoms. The molecule has 1 aromatic rings. The first-order valence-corrected chi connectivity index (χ1v) is 6.18. The number of amides is 1. The van der Waals surface area contributed by atoms with Gasteiger partial charge < -0.3 is 10.0 Å². The smallest absolute Gasteiger partial charge is 0.326 e. The van der Waals surface area contributed by atoms with Gasteiger partial charge in [-0.15, -0.1) is 0 Å². The van der Waals surface area contributed by atoms with E-state index in [1.807, 2.05) is 0 Å². The molecule has 1 aromatic carbocycles. The molecule has 0 radical (unpaired) electrons. The molecule has 5 heteroatoms. The molecule has 1 saturated heterocycles. The van der Waals surface area contributed by atoms with Crippen molar-refractivity contribution in [3.8, 4) is 0 Å². The summed E-state index contributed by atoms with van der Waals surface area (Å²) in [6.45, 7) is 0.520. The second kappa shape index (κ2) is 4.87. The minimum absolute atomic E-state index is 0.206. The number of halogens is 1. The topological polar surface area (TPSA) is 57.6 Å². The van der Waals surface area contributed by atoms with Gasteiger partial charge in [-0.3, -0.25) is 4.79 Å². The van der Waals surface area contributed by atoms with Crippen molar-refractivity contribution < 1.29 is 14.7 Å². The second-order valence-electron chi connectivity index (χ2n) is 4.00. The molecule has 1 aliphatic heterocycles. The monoisotopic (exact) mass is 297 g/mol. The lowest BCUT2D eigenvalue weighted by molar-refractivity contribution is -0.141. The Balaban J connectivity index is 2.19. The van der Waals surface area contributed by atoms with Crippen molar-refractivity contribution >= 4 is 27.8 Å². The molecule has 2 rings (SSSR count). The van der Waals surface area contributed by atoms with Crippen molar-refractivity contribution in [1.82, 2.24) is 4.90 Å². The third-order valence-corrected chi connectivity index (χ3v) is 3.42. The lowest BCUT2D eigenvalue weighted by atomic mass is 10.1. The van der Waals surface area contributed by atoms with E-state index in [1.54, 1.807) is 24.3 Å². The van der Waals surface area contributed by atoms with E-state index in [1.165, 1.54) is 4.90 Å². The highest BCUT2D eigenvalue weighted by Gasteiger charge is 2.34. The molecule has 1 N–H and O–H groups in total. The third-order valence-electron chi connectivity index (χ3n) is 2.89. The molecule has 0 saturated carbocycles.